The topological polar surface area (TPSA) is 50.9 Å². The van der Waals surface area contributed by atoms with Crippen molar-refractivity contribution in [3.63, 3.8) is 0 Å². The third-order valence-corrected chi connectivity index (χ3v) is 4.10. The third-order valence-electron chi connectivity index (χ3n) is 3.21. The number of nitrogen functional groups attached to an aromatic ring is 1. The molecule has 106 valence electrons. The highest BCUT2D eigenvalue weighted by molar-refractivity contribution is 7.99. The van der Waals surface area contributed by atoms with Gasteiger partial charge < -0.3 is 11.1 Å². The van der Waals surface area contributed by atoms with Crippen LogP contribution in [0.15, 0.2) is 41.4 Å². The lowest BCUT2D eigenvalue weighted by Gasteiger charge is -2.19. The van der Waals surface area contributed by atoms with Crippen LogP contribution in [0.2, 0.25) is 0 Å². The first kappa shape index (κ1) is 14.9. The molecule has 2 aromatic rings. The van der Waals surface area contributed by atoms with Gasteiger partial charge in [0, 0.05) is 16.7 Å². The van der Waals surface area contributed by atoms with Gasteiger partial charge in [0.15, 0.2) is 0 Å². The maximum Gasteiger partial charge on any atom is 0.128 e. The zero-order valence-electron chi connectivity index (χ0n) is 12.2. The molecule has 1 aromatic carbocycles. The van der Waals surface area contributed by atoms with E-state index in [4.69, 9.17) is 5.73 Å². The van der Waals surface area contributed by atoms with Crippen molar-refractivity contribution in [2.45, 2.75) is 24.8 Å². The van der Waals surface area contributed by atoms with Crippen molar-refractivity contribution in [3.05, 3.63) is 53.2 Å². The predicted octanol–water partition coefficient (Wildman–Crippen LogP) is 3.39. The van der Waals surface area contributed by atoms with Crippen LogP contribution in [0.1, 0.15) is 29.7 Å². The highest BCUT2D eigenvalue weighted by atomic mass is 32.2. The van der Waals surface area contributed by atoms with Gasteiger partial charge in [0.1, 0.15) is 5.82 Å². The molecule has 1 unspecified atom stereocenters. The van der Waals surface area contributed by atoms with E-state index in [-0.39, 0.29) is 6.04 Å². The Kier molecular flexibility index (Phi) is 5.04. The van der Waals surface area contributed by atoms with Crippen LogP contribution in [0.3, 0.4) is 0 Å². The summed E-state index contributed by atoms with van der Waals surface area (Å²) in [5.74, 6) is 1.67. The maximum absolute atomic E-state index is 6.03. The van der Waals surface area contributed by atoms with Crippen LogP contribution >= 0.6 is 11.8 Å². The second kappa shape index (κ2) is 6.77. The Morgan fingerprint density at radius 1 is 1.30 bits per heavy atom. The summed E-state index contributed by atoms with van der Waals surface area (Å²) in [6.07, 6.45) is 1.80. The van der Waals surface area contributed by atoms with Crippen LogP contribution in [-0.2, 0) is 0 Å². The molecule has 3 nitrogen and oxygen atoms in total. The lowest BCUT2D eigenvalue weighted by Crippen LogP contribution is -2.19. The van der Waals surface area contributed by atoms with Gasteiger partial charge in [0.2, 0.25) is 0 Å². The molecule has 0 aliphatic rings. The average molecular weight is 287 g/mol. The first-order valence-electron chi connectivity index (χ1n) is 6.77. The summed E-state index contributed by atoms with van der Waals surface area (Å²) in [5, 5.41) is 3.33. The maximum atomic E-state index is 6.03. The Bertz CT molecular complexity index is 566. The molecule has 1 aromatic heterocycles. The van der Waals surface area contributed by atoms with Crippen LogP contribution in [-0.4, -0.2) is 17.8 Å². The van der Waals surface area contributed by atoms with Gasteiger partial charge in [-0.25, -0.2) is 4.98 Å². The molecule has 0 saturated heterocycles. The molecule has 0 amide bonds. The van der Waals surface area contributed by atoms with Crippen molar-refractivity contribution in [2.24, 2.45) is 0 Å². The minimum atomic E-state index is 0.0723. The molecule has 0 aliphatic carbocycles. The van der Waals surface area contributed by atoms with Gasteiger partial charge in [-0.1, -0.05) is 19.1 Å². The van der Waals surface area contributed by atoms with Crippen molar-refractivity contribution in [3.8, 4) is 0 Å². The van der Waals surface area contributed by atoms with Crippen LogP contribution < -0.4 is 11.1 Å². The Morgan fingerprint density at radius 3 is 2.60 bits per heavy atom. The molecule has 3 N–H and O–H groups in total. The summed E-state index contributed by atoms with van der Waals surface area (Å²) < 4.78 is 0. The number of benzene rings is 1. The van der Waals surface area contributed by atoms with Gasteiger partial charge in [0.05, 0.1) is 6.04 Å². The first-order chi connectivity index (χ1) is 9.65. The van der Waals surface area contributed by atoms with Gasteiger partial charge in [-0.3, -0.25) is 0 Å². The monoisotopic (exact) mass is 287 g/mol. The van der Waals surface area contributed by atoms with Crippen molar-refractivity contribution in [2.75, 3.05) is 18.5 Å². The Balaban J connectivity index is 2.34. The quantitative estimate of drug-likeness (QED) is 0.828. The fraction of sp³-hybridized carbons (Fsp3) is 0.312. The summed E-state index contributed by atoms with van der Waals surface area (Å²) in [6, 6.07) is 10.8. The smallest absolute Gasteiger partial charge is 0.128 e. The summed E-state index contributed by atoms with van der Waals surface area (Å²) >= 11 is 1.85. The molecule has 4 heteroatoms. The highest BCUT2D eigenvalue weighted by Gasteiger charge is 2.15. The van der Waals surface area contributed by atoms with Gasteiger partial charge in [0.25, 0.3) is 0 Å². The molecule has 0 spiro atoms. The molecule has 1 atom stereocenters. The molecular weight excluding hydrogens is 266 g/mol. The summed E-state index contributed by atoms with van der Waals surface area (Å²) in [4.78, 5) is 5.55. The van der Waals surface area contributed by atoms with E-state index in [0.717, 1.165) is 16.9 Å². The van der Waals surface area contributed by atoms with Gasteiger partial charge in [-0.15, -0.1) is 11.8 Å². The first-order valence-corrected chi connectivity index (χ1v) is 7.76. The van der Waals surface area contributed by atoms with Crippen molar-refractivity contribution < 1.29 is 0 Å². The van der Waals surface area contributed by atoms with Gasteiger partial charge in [-0.2, -0.15) is 0 Å². The highest BCUT2D eigenvalue weighted by Crippen LogP contribution is 2.28. The van der Waals surface area contributed by atoms with E-state index in [9.17, 15) is 0 Å². The van der Waals surface area contributed by atoms with Crippen LogP contribution in [0.4, 0.5) is 5.82 Å². The Labute approximate surface area is 125 Å². The second-order valence-corrected chi connectivity index (χ2v) is 6.05. The third kappa shape index (κ3) is 3.32. The number of rotatable bonds is 5. The fourth-order valence-corrected chi connectivity index (χ4v) is 2.92. The van der Waals surface area contributed by atoms with Crippen LogP contribution in [0, 0.1) is 6.92 Å². The minimum absolute atomic E-state index is 0.0723. The molecule has 2 rings (SSSR count). The van der Waals surface area contributed by atoms with E-state index in [1.807, 2.05) is 25.7 Å². The van der Waals surface area contributed by atoms with Crippen molar-refractivity contribution in [1.29, 1.82) is 0 Å². The molecule has 0 saturated carbocycles. The molecule has 0 fully saturated rings. The van der Waals surface area contributed by atoms with Crippen molar-refractivity contribution >= 4 is 17.6 Å². The Morgan fingerprint density at radius 2 is 2.00 bits per heavy atom. The van der Waals surface area contributed by atoms with Gasteiger partial charge in [-0.05, 0) is 49.1 Å². The minimum Gasteiger partial charge on any atom is -0.383 e. The lowest BCUT2D eigenvalue weighted by atomic mass is 9.98. The molecule has 0 bridgehead atoms. The zero-order valence-corrected chi connectivity index (χ0v) is 13.0. The molecule has 20 heavy (non-hydrogen) atoms. The SMILES string of the molecule is CCSc1ccc(C(NC)c2cc(C)cnc2N)cc1. The summed E-state index contributed by atoms with van der Waals surface area (Å²) in [7, 11) is 1.95. The number of thioether (sulfide) groups is 1. The van der Waals surface area contributed by atoms with Crippen LogP contribution in [0.5, 0.6) is 0 Å². The lowest BCUT2D eigenvalue weighted by molar-refractivity contribution is 0.690. The summed E-state index contributed by atoms with van der Waals surface area (Å²) in [5.41, 5.74) is 9.38. The standard InChI is InChI=1S/C16H21N3S/c1-4-20-13-7-5-12(6-8-13)15(18-3)14-9-11(2)10-19-16(14)17/h5-10,15,18H,4H2,1-3H3,(H2,17,19). The molecule has 0 aliphatic heterocycles. The number of nitrogens with one attached hydrogen (secondary N) is 1. The second-order valence-electron chi connectivity index (χ2n) is 4.71. The van der Waals surface area contributed by atoms with E-state index < -0.39 is 0 Å². The number of nitrogens with zero attached hydrogens (tertiary/aromatic N) is 1. The van der Waals surface area contributed by atoms with E-state index in [1.54, 1.807) is 6.20 Å². The average Bonchev–Trinajstić information content (AvgIpc) is 2.45. The fourth-order valence-electron chi connectivity index (χ4n) is 2.26. The van der Waals surface area contributed by atoms with E-state index in [0.29, 0.717) is 5.82 Å². The number of anilines is 1. The predicted molar refractivity (Wildman–Crippen MR) is 87.1 cm³/mol. The molecular formula is C16H21N3S. The van der Waals surface area contributed by atoms with Crippen LogP contribution in [0.25, 0.3) is 0 Å². The van der Waals surface area contributed by atoms with E-state index in [2.05, 4.69) is 47.6 Å². The normalized spacial score (nSPS) is 12.3. The molecule has 0 radical (unpaired) electrons. The molecule has 1 heterocycles. The summed E-state index contributed by atoms with van der Waals surface area (Å²) in [6.45, 7) is 4.19. The number of aromatic nitrogens is 1. The number of nitrogens with two attached hydrogens (primary N) is 1. The number of pyridine rings is 1. The van der Waals surface area contributed by atoms with E-state index >= 15 is 0 Å². The zero-order chi connectivity index (χ0) is 14.5. The number of hydrogen-bond acceptors (Lipinski definition) is 4. The number of aryl methyl sites for hydroxylation is 1. The number of hydrogen-bond donors (Lipinski definition) is 2. The van der Waals surface area contributed by atoms with E-state index in [1.165, 1.54) is 10.5 Å². The largest absolute Gasteiger partial charge is 0.383 e. The van der Waals surface area contributed by atoms with Crippen molar-refractivity contribution in [1.82, 2.24) is 10.3 Å². The van der Waals surface area contributed by atoms with Gasteiger partial charge >= 0.3 is 0 Å². The Hall–Kier alpha value is -1.52.